The summed E-state index contributed by atoms with van der Waals surface area (Å²) in [5.41, 5.74) is 0.529. The second-order valence-electron chi connectivity index (χ2n) is 5.51. The lowest BCUT2D eigenvalue weighted by Gasteiger charge is -2.21. The molecule has 0 saturated carbocycles. The summed E-state index contributed by atoms with van der Waals surface area (Å²) >= 11 is 0. The van der Waals surface area contributed by atoms with Gasteiger partial charge in [-0.25, -0.2) is 0 Å². The molecule has 0 spiro atoms. The standard InChI is InChI=1S/C14H23NO3/c1-10-8-12(11(2)18-10)13(17)15-7-5-6-14(3,4)9-16/h8,16H,5-7,9H2,1-4H3,(H,15,17). The van der Waals surface area contributed by atoms with Crippen molar-refractivity contribution in [3.8, 4) is 0 Å². The minimum Gasteiger partial charge on any atom is -0.466 e. The lowest BCUT2D eigenvalue weighted by atomic mass is 9.89. The maximum absolute atomic E-state index is 11.9. The summed E-state index contributed by atoms with van der Waals surface area (Å²) in [6, 6.07) is 1.75. The maximum atomic E-state index is 11.9. The molecule has 0 bridgehead atoms. The van der Waals surface area contributed by atoms with E-state index in [0.29, 0.717) is 17.9 Å². The largest absolute Gasteiger partial charge is 0.466 e. The molecule has 1 amide bonds. The summed E-state index contributed by atoms with van der Waals surface area (Å²) in [5, 5.41) is 12.0. The van der Waals surface area contributed by atoms with Gasteiger partial charge in [0, 0.05) is 13.2 Å². The molecular weight excluding hydrogens is 230 g/mol. The van der Waals surface area contributed by atoms with E-state index < -0.39 is 0 Å². The van der Waals surface area contributed by atoms with Crippen molar-refractivity contribution in [2.24, 2.45) is 5.41 Å². The molecule has 0 aliphatic heterocycles. The van der Waals surface area contributed by atoms with Crippen LogP contribution in [0.1, 0.15) is 48.6 Å². The van der Waals surface area contributed by atoms with Gasteiger partial charge in [0.2, 0.25) is 0 Å². The molecule has 0 fully saturated rings. The minimum absolute atomic E-state index is 0.0765. The van der Waals surface area contributed by atoms with Crippen LogP contribution in [-0.4, -0.2) is 24.2 Å². The van der Waals surface area contributed by atoms with Gasteiger partial charge in [-0.1, -0.05) is 13.8 Å². The van der Waals surface area contributed by atoms with Gasteiger partial charge in [0.25, 0.3) is 5.91 Å². The Labute approximate surface area is 108 Å². The molecule has 0 aromatic carbocycles. The van der Waals surface area contributed by atoms with Crippen molar-refractivity contribution >= 4 is 5.91 Å². The second-order valence-corrected chi connectivity index (χ2v) is 5.51. The normalized spacial score (nSPS) is 11.6. The first-order valence-electron chi connectivity index (χ1n) is 6.32. The third kappa shape index (κ3) is 4.18. The number of rotatable bonds is 6. The summed E-state index contributed by atoms with van der Waals surface area (Å²) in [7, 11) is 0. The Kier molecular flexibility index (Phi) is 4.96. The van der Waals surface area contributed by atoms with Crippen LogP contribution in [0.25, 0.3) is 0 Å². The van der Waals surface area contributed by atoms with Crippen LogP contribution in [0.3, 0.4) is 0 Å². The van der Waals surface area contributed by atoms with Gasteiger partial charge in [-0.3, -0.25) is 4.79 Å². The number of nitrogens with one attached hydrogen (secondary N) is 1. The predicted octanol–water partition coefficient (Wildman–Crippen LogP) is 2.42. The summed E-state index contributed by atoms with van der Waals surface area (Å²) in [6.45, 7) is 8.42. The van der Waals surface area contributed by atoms with Gasteiger partial charge >= 0.3 is 0 Å². The maximum Gasteiger partial charge on any atom is 0.254 e. The van der Waals surface area contributed by atoms with Gasteiger partial charge in [0.05, 0.1) is 5.56 Å². The molecule has 18 heavy (non-hydrogen) atoms. The lowest BCUT2D eigenvalue weighted by Crippen LogP contribution is -2.26. The molecule has 0 saturated heterocycles. The van der Waals surface area contributed by atoms with E-state index in [2.05, 4.69) is 5.32 Å². The summed E-state index contributed by atoms with van der Waals surface area (Å²) in [6.07, 6.45) is 1.74. The topological polar surface area (TPSA) is 62.5 Å². The van der Waals surface area contributed by atoms with Crippen LogP contribution in [0.5, 0.6) is 0 Å². The summed E-state index contributed by atoms with van der Waals surface area (Å²) in [4.78, 5) is 11.9. The predicted molar refractivity (Wildman–Crippen MR) is 70.6 cm³/mol. The summed E-state index contributed by atoms with van der Waals surface area (Å²) < 4.78 is 5.32. The van der Waals surface area contributed by atoms with E-state index in [1.165, 1.54) is 0 Å². The highest BCUT2D eigenvalue weighted by Crippen LogP contribution is 2.20. The van der Waals surface area contributed by atoms with Crippen molar-refractivity contribution in [3.05, 3.63) is 23.2 Å². The van der Waals surface area contributed by atoms with E-state index in [0.717, 1.165) is 18.6 Å². The minimum atomic E-state index is -0.0915. The molecular formula is C14H23NO3. The molecule has 0 aliphatic carbocycles. The number of aliphatic hydroxyl groups excluding tert-OH is 1. The van der Waals surface area contributed by atoms with Crippen molar-refractivity contribution in [1.82, 2.24) is 5.32 Å². The highest BCUT2D eigenvalue weighted by molar-refractivity contribution is 5.95. The molecule has 4 nitrogen and oxygen atoms in total. The first-order valence-corrected chi connectivity index (χ1v) is 6.32. The first kappa shape index (κ1) is 14.8. The van der Waals surface area contributed by atoms with Crippen molar-refractivity contribution in [2.75, 3.05) is 13.2 Å². The van der Waals surface area contributed by atoms with E-state index in [9.17, 15) is 4.79 Å². The van der Waals surface area contributed by atoms with Gasteiger partial charge in [0.15, 0.2) is 0 Å². The zero-order valence-corrected chi connectivity index (χ0v) is 11.7. The number of hydrogen-bond donors (Lipinski definition) is 2. The van der Waals surface area contributed by atoms with E-state index >= 15 is 0 Å². The van der Waals surface area contributed by atoms with E-state index in [4.69, 9.17) is 9.52 Å². The second kappa shape index (κ2) is 6.05. The van der Waals surface area contributed by atoms with Crippen LogP contribution >= 0.6 is 0 Å². The highest BCUT2D eigenvalue weighted by atomic mass is 16.3. The number of aliphatic hydroxyl groups is 1. The molecule has 0 unspecified atom stereocenters. The number of furan rings is 1. The van der Waals surface area contributed by atoms with Crippen LogP contribution in [0.4, 0.5) is 0 Å². The molecule has 0 aliphatic rings. The zero-order chi connectivity index (χ0) is 13.8. The Balaban J connectivity index is 2.36. The molecule has 4 heteroatoms. The number of hydrogen-bond acceptors (Lipinski definition) is 3. The average molecular weight is 253 g/mol. The van der Waals surface area contributed by atoms with Crippen molar-refractivity contribution in [2.45, 2.75) is 40.5 Å². The van der Waals surface area contributed by atoms with Gasteiger partial charge in [0.1, 0.15) is 11.5 Å². The smallest absolute Gasteiger partial charge is 0.254 e. The van der Waals surface area contributed by atoms with Crippen molar-refractivity contribution < 1.29 is 14.3 Å². The van der Waals surface area contributed by atoms with Crippen molar-refractivity contribution in [1.29, 1.82) is 0 Å². The molecule has 0 atom stereocenters. The van der Waals surface area contributed by atoms with E-state index in [1.807, 2.05) is 20.8 Å². The Morgan fingerprint density at radius 2 is 2.11 bits per heavy atom. The van der Waals surface area contributed by atoms with Crippen LogP contribution in [0, 0.1) is 19.3 Å². The molecule has 1 aromatic heterocycles. The van der Waals surface area contributed by atoms with Gasteiger partial charge in [-0.2, -0.15) is 0 Å². The Morgan fingerprint density at radius 3 is 2.61 bits per heavy atom. The lowest BCUT2D eigenvalue weighted by molar-refractivity contribution is 0.0947. The molecule has 1 heterocycles. The van der Waals surface area contributed by atoms with E-state index in [-0.39, 0.29) is 17.9 Å². The molecule has 102 valence electrons. The zero-order valence-electron chi connectivity index (χ0n) is 11.7. The number of carbonyl (C=O) groups is 1. The van der Waals surface area contributed by atoms with E-state index in [1.54, 1.807) is 13.0 Å². The fourth-order valence-electron chi connectivity index (χ4n) is 1.80. The third-order valence-electron chi connectivity index (χ3n) is 3.03. The third-order valence-corrected chi connectivity index (χ3v) is 3.03. The Hall–Kier alpha value is -1.29. The fraction of sp³-hybridized carbons (Fsp3) is 0.643. The van der Waals surface area contributed by atoms with Crippen molar-refractivity contribution in [3.63, 3.8) is 0 Å². The van der Waals surface area contributed by atoms with Gasteiger partial charge < -0.3 is 14.8 Å². The quantitative estimate of drug-likeness (QED) is 0.765. The SMILES string of the molecule is Cc1cc(C(=O)NCCCC(C)(C)CO)c(C)o1. The molecule has 1 aromatic rings. The fourth-order valence-corrected chi connectivity index (χ4v) is 1.80. The average Bonchev–Trinajstić information content (AvgIpc) is 2.64. The Morgan fingerprint density at radius 1 is 1.44 bits per heavy atom. The van der Waals surface area contributed by atoms with Crippen LogP contribution in [-0.2, 0) is 0 Å². The van der Waals surface area contributed by atoms with Gasteiger partial charge in [-0.05, 0) is 38.2 Å². The van der Waals surface area contributed by atoms with Gasteiger partial charge in [-0.15, -0.1) is 0 Å². The molecule has 1 rings (SSSR count). The number of amides is 1. The number of aryl methyl sites for hydroxylation is 2. The first-order chi connectivity index (χ1) is 8.35. The Bertz CT molecular complexity index is 407. The van der Waals surface area contributed by atoms with Crippen LogP contribution in [0.2, 0.25) is 0 Å². The molecule has 0 radical (unpaired) electrons. The monoisotopic (exact) mass is 253 g/mol. The highest BCUT2D eigenvalue weighted by Gasteiger charge is 2.16. The molecule has 2 N–H and O–H groups in total. The summed E-state index contributed by atoms with van der Waals surface area (Å²) in [5.74, 6) is 1.31. The van der Waals surface area contributed by atoms with Crippen LogP contribution in [0.15, 0.2) is 10.5 Å². The van der Waals surface area contributed by atoms with Crippen LogP contribution < -0.4 is 5.32 Å². The number of carbonyl (C=O) groups excluding carboxylic acids is 1.